The van der Waals surface area contributed by atoms with Crippen LogP contribution in [0, 0.1) is 0 Å². The van der Waals surface area contributed by atoms with E-state index in [2.05, 4.69) is 0 Å². The van der Waals surface area contributed by atoms with Gasteiger partial charge in [-0.25, -0.2) is 0 Å². The molecule has 2 aliphatic heterocycles. The van der Waals surface area contributed by atoms with Crippen molar-refractivity contribution in [3.8, 4) is 0 Å². The molecule has 0 aliphatic carbocycles. The molecule has 0 aromatic carbocycles. The molecule has 0 radical (unpaired) electrons. The lowest BCUT2D eigenvalue weighted by Crippen LogP contribution is -2.57. The summed E-state index contributed by atoms with van der Waals surface area (Å²) in [5.41, 5.74) is 0. The SMILES string of the molecule is OB1OB2CB(O1)OB(O)O2. The predicted molar refractivity (Wildman–Crippen MR) is 36.6 cm³/mol. The van der Waals surface area contributed by atoms with E-state index < -0.39 is 28.9 Å². The van der Waals surface area contributed by atoms with Crippen LogP contribution in [-0.2, 0) is 18.3 Å². The Labute approximate surface area is 64.4 Å². The summed E-state index contributed by atoms with van der Waals surface area (Å²) in [5, 5.41) is 17.6. The molecule has 0 saturated carbocycles. The minimum atomic E-state index is -1.33. The molecule has 2 N–H and O–H groups in total. The molecule has 2 rings (SSSR count). The van der Waals surface area contributed by atoms with Crippen molar-refractivity contribution in [1.29, 1.82) is 0 Å². The average Bonchev–Trinajstić information content (AvgIpc) is 1.82. The highest BCUT2D eigenvalue weighted by Gasteiger charge is 2.49. The van der Waals surface area contributed by atoms with Crippen molar-refractivity contribution < 1.29 is 28.3 Å². The van der Waals surface area contributed by atoms with Gasteiger partial charge < -0.3 is 28.3 Å². The van der Waals surface area contributed by atoms with Crippen molar-refractivity contribution in [2.24, 2.45) is 0 Å². The van der Waals surface area contributed by atoms with Crippen molar-refractivity contribution in [2.45, 2.75) is 6.22 Å². The summed E-state index contributed by atoms with van der Waals surface area (Å²) in [6, 6.07) is 0. The van der Waals surface area contributed by atoms with Gasteiger partial charge in [-0.1, -0.05) is 0 Å². The zero-order valence-corrected chi connectivity index (χ0v) is 5.54. The Balaban J connectivity index is 2.00. The number of rotatable bonds is 0. The van der Waals surface area contributed by atoms with Crippen LogP contribution in [0.25, 0.3) is 0 Å². The molecule has 10 heteroatoms. The van der Waals surface area contributed by atoms with Crippen LogP contribution in [0.1, 0.15) is 0 Å². The Kier molecular flexibility index (Phi) is 1.96. The zero-order valence-electron chi connectivity index (χ0n) is 5.54. The van der Waals surface area contributed by atoms with Crippen LogP contribution in [0.2, 0.25) is 6.22 Å². The van der Waals surface area contributed by atoms with Crippen molar-refractivity contribution >= 4 is 28.9 Å². The molecule has 0 spiro atoms. The predicted octanol–water partition coefficient (Wildman–Crippen LogP) is -2.45. The van der Waals surface area contributed by atoms with E-state index >= 15 is 0 Å². The van der Waals surface area contributed by atoms with Gasteiger partial charge in [-0.2, -0.15) is 0 Å². The monoisotopic (exact) mass is 156 g/mol. The van der Waals surface area contributed by atoms with E-state index in [1.807, 2.05) is 0 Å². The average molecular weight is 155 g/mol. The van der Waals surface area contributed by atoms with Crippen LogP contribution in [-0.4, -0.2) is 38.9 Å². The third-order valence-corrected chi connectivity index (χ3v) is 1.46. The molecule has 11 heavy (non-hydrogen) atoms. The van der Waals surface area contributed by atoms with Crippen LogP contribution in [0.5, 0.6) is 0 Å². The Morgan fingerprint density at radius 3 is 1.55 bits per heavy atom. The van der Waals surface area contributed by atoms with Gasteiger partial charge in [0.15, 0.2) is 0 Å². The summed E-state index contributed by atoms with van der Waals surface area (Å²) >= 11 is 0. The molecule has 6 nitrogen and oxygen atoms in total. The minimum absolute atomic E-state index is 0.355. The van der Waals surface area contributed by atoms with E-state index in [9.17, 15) is 0 Å². The Morgan fingerprint density at radius 2 is 1.18 bits per heavy atom. The van der Waals surface area contributed by atoms with Gasteiger partial charge >= 0.3 is 28.9 Å². The molecule has 0 aromatic heterocycles. The quantitative estimate of drug-likeness (QED) is 0.378. The van der Waals surface area contributed by atoms with Crippen molar-refractivity contribution in [1.82, 2.24) is 0 Å². The molecule has 0 atom stereocenters. The van der Waals surface area contributed by atoms with Gasteiger partial charge in [-0.15, -0.1) is 0 Å². The number of fused-ring (bicyclic) bond motifs is 2. The van der Waals surface area contributed by atoms with Gasteiger partial charge in [0.1, 0.15) is 0 Å². The fourth-order valence-electron chi connectivity index (χ4n) is 1.03. The highest BCUT2D eigenvalue weighted by Crippen LogP contribution is 2.18. The van der Waals surface area contributed by atoms with Gasteiger partial charge in [0.05, 0.1) is 0 Å². The maximum atomic E-state index is 8.82. The van der Waals surface area contributed by atoms with E-state index in [0.717, 1.165) is 0 Å². The fraction of sp³-hybridized carbons (Fsp3) is 1.00. The lowest BCUT2D eigenvalue weighted by atomic mass is 9.56. The van der Waals surface area contributed by atoms with E-state index in [4.69, 9.17) is 28.3 Å². The highest BCUT2D eigenvalue weighted by atomic mass is 16.8. The molecule has 2 heterocycles. The second-order valence-electron chi connectivity index (χ2n) is 2.25. The standard InChI is InChI=1S/CH4B4O6/c6-4-8-2-1-3(10-4)11-5(7)9-2/h6-7H,1H2. The molecular weight excluding hydrogens is 151 g/mol. The molecule has 0 amide bonds. The zero-order chi connectivity index (χ0) is 7.84. The summed E-state index contributed by atoms with van der Waals surface area (Å²) in [7, 11) is -3.95. The van der Waals surface area contributed by atoms with Crippen LogP contribution in [0.3, 0.4) is 0 Å². The van der Waals surface area contributed by atoms with Gasteiger partial charge in [-0.3, -0.25) is 0 Å². The van der Waals surface area contributed by atoms with Crippen molar-refractivity contribution in [3.63, 3.8) is 0 Å². The maximum Gasteiger partial charge on any atom is 0.608 e. The summed E-state index contributed by atoms with van der Waals surface area (Å²) in [6.07, 6.45) is 0.355. The highest BCUT2D eigenvalue weighted by molar-refractivity contribution is 6.82. The second kappa shape index (κ2) is 2.81. The first-order chi connectivity index (χ1) is 5.24. The van der Waals surface area contributed by atoms with E-state index in [0.29, 0.717) is 6.22 Å². The van der Waals surface area contributed by atoms with Gasteiger partial charge in [0.25, 0.3) is 0 Å². The first-order valence-electron chi connectivity index (χ1n) is 3.22. The first-order valence-corrected chi connectivity index (χ1v) is 3.22. The Morgan fingerprint density at radius 1 is 0.818 bits per heavy atom. The normalized spacial score (nSPS) is 24.5. The Bertz CT molecular complexity index is 120. The molecule has 2 bridgehead atoms. The smallest absolute Gasteiger partial charge is 0.427 e. The number of hydrogen-bond acceptors (Lipinski definition) is 6. The van der Waals surface area contributed by atoms with Gasteiger partial charge in [0.2, 0.25) is 0 Å². The molecule has 0 unspecified atom stereocenters. The second-order valence-corrected chi connectivity index (χ2v) is 2.25. The molecular formula is CH4B4O6. The third-order valence-electron chi connectivity index (χ3n) is 1.46. The largest absolute Gasteiger partial charge is 0.608 e. The van der Waals surface area contributed by atoms with Crippen molar-refractivity contribution in [3.05, 3.63) is 0 Å². The molecule has 56 valence electrons. The van der Waals surface area contributed by atoms with Gasteiger partial charge in [-0.05, 0) is 0 Å². The molecule has 2 aliphatic rings. The van der Waals surface area contributed by atoms with E-state index in [1.54, 1.807) is 0 Å². The topological polar surface area (TPSA) is 77.4 Å². The fourth-order valence-corrected chi connectivity index (χ4v) is 1.03. The van der Waals surface area contributed by atoms with Crippen LogP contribution < -0.4 is 0 Å². The Hall–Kier alpha value is 0.0197. The van der Waals surface area contributed by atoms with E-state index in [-0.39, 0.29) is 0 Å². The molecule has 2 fully saturated rings. The summed E-state index contributed by atoms with van der Waals surface area (Å²) in [5.74, 6) is 0. The van der Waals surface area contributed by atoms with Crippen LogP contribution in [0.4, 0.5) is 0 Å². The van der Waals surface area contributed by atoms with Gasteiger partial charge in [0, 0.05) is 6.22 Å². The summed E-state index contributed by atoms with van der Waals surface area (Å²) in [6.45, 7) is 0. The third kappa shape index (κ3) is 1.61. The summed E-state index contributed by atoms with van der Waals surface area (Å²) in [4.78, 5) is 0. The van der Waals surface area contributed by atoms with Crippen molar-refractivity contribution in [2.75, 3.05) is 0 Å². The lowest BCUT2D eigenvalue weighted by Gasteiger charge is -2.32. The lowest BCUT2D eigenvalue weighted by molar-refractivity contribution is 0.176. The molecule has 2 saturated heterocycles. The van der Waals surface area contributed by atoms with Crippen LogP contribution >= 0.6 is 0 Å². The first kappa shape index (κ1) is 7.66. The summed E-state index contributed by atoms with van der Waals surface area (Å²) < 4.78 is 18.8. The minimum Gasteiger partial charge on any atom is -0.427 e. The van der Waals surface area contributed by atoms with E-state index in [1.165, 1.54) is 0 Å². The maximum absolute atomic E-state index is 8.82. The number of hydrogen-bond donors (Lipinski definition) is 2. The van der Waals surface area contributed by atoms with Crippen LogP contribution in [0.15, 0.2) is 0 Å². The molecule has 0 aromatic rings.